The van der Waals surface area contributed by atoms with Crippen LogP contribution in [-0.4, -0.2) is 59.3 Å². The van der Waals surface area contributed by atoms with E-state index in [0.717, 1.165) is 12.8 Å². The van der Waals surface area contributed by atoms with Gasteiger partial charge in [0.25, 0.3) is 0 Å². The predicted molar refractivity (Wildman–Crippen MR) is 89.3 cm³/mol. The third kappa shape index (κ3) is 3.75. The van der Waals surface area contributed by atoms with Crippen LogP contribution in [0.25, 0.3) is 0 Å². The molecule has 1 saturated carbocycles. The topological polar surface area (TPSA) is 78.9 Å². The molecule has 0 aromatic heterocycles. The molecule has 3 atom stereocenters. The Kier molecular flexibility index (Phi) is 5.45. The molecule has 24 heavy (non-hydrogen) atoms. The van der Waals surface area contributed by atoms with Crippen molar-refractivity contribution >= 4 is 11.8 Å². The summed E-state index contributed by atoms with van der Waals surface area (Å²) >= 11 is 0. The molecule has 2 saturated heterocycles. The highest BCUT2D eigenvalue weighted by Crippen LogP contribution is 2.29. The molecule has 3 fully saturated rings. The van der Waals surface area contributed by atoms with Gasteiger partial charge < -0.3 is 20.1 Å². The second-order valence-corrected chi connectivity index (χ2v) is 7.68. The van der Waals surface area contributed by atoms with Crippen molar-refractivity contribution in [3.05, 3.63) is 0 Å². The molecule has 0 aromatic carbocycles. The fraction of sp³-hybridized carbons (Fsp3) is 0.889. The van der Waals surface area contributed by atoms with Crippen molar-refractivity contribution in [3.8, 4) is 0 Å². The van der Waals surface area contributed by atoms with Crippen LogP contribution in [0, 0.1) is 5.92 Å². The molecule has 0 aromatic rings. The molecule has 3 aliphatic rings. The molecule has 2 aliphatic heterocycles. The number of hydrogen-bond acceptors (Lipinski definition) is 4. The van der Waals surface area contributed by atoms with E-state index in [2.05, 4.69) is 5.32 Å². The number of carbonyl (C=O) groups excluding carboxylic acids is 2. The van der Waals surface area contributed by atoms with Crippen molar-refractivity contribution in [2.75, 3.05) is 19.7 Å². The molecule has 136 valence electrons. The zero-order valence-electron chi connectivity index (χ0n) is 14.6. The second kappa shape index (κ2) is 7.40. The largest absolute Gasteiger partial charge is 0.385 e. The highest BCUT2D eigenvalue weighted by Gasteiger charge is 2.42. The zero-order valence-corrected chi connectivity index (χ0v) is 14.6. The Hall–Kier alpha value is -1.14. The van der Waals surface area contributed by atoms with E-state index in [1.54, 1.807) is 0 Å². The SMILES string of the molecule is C[C@@H]1OCC[C@@]1(O)CNC(=O)[C@H]1CC(=O)N(C2CCCCCC2)C1. The molecule has 0 spiro atoms. The van der Waals surface area contributed by atoms with Crippen LogP contribution < -0.4 is 5.32 Å². The van der Waals surface area contributed by atoms with Crippen LogP contribution >= 0.6 is 0 Å². The molecule has 2 N–H and O–H groups in total. The van der Waals surface area contributed by atoms with E-state index >= 15 is 0 Å². The van der Waals surface area contributed by atoms with E-state index in [9.17, 15) is 14.7 Å². The van der Waals surface area contributed by atoms with Crippen molar-refractivity contribution in [2.24, 2.45) is 5.92 Å². The fourth-order valence-electron chi connectivity index (χ4n) is 4.22. The number of ether oxygens (including phenoxy) is 1. The minimum Gasteiger partial charge on any atom is -0.385 e. The van der Waals surface area contributed by atoms with Crippen LogP contribution in [0.3, 0.4) is 0 Å². The van der Waals surface area contributed by atoms with Crippen molar-refractivity contribution in [2.45, 2.75) is 76.0 Å². The second-order valence-electron chi connectivity index (χ2n) is 7.68. The average molecular weight is 338 g/mol. The number of nitrogens with zero attached hydrogens (tertiary/aromatic N) is 1. The van der Waals surface area contributed by atoms with Gasteiger partial charge in [-0.25, -0.2) is 0 Å². The number of carbonyl (C=O) groups is 2. The summed E-state index contributed by atoms with van der Waals surface area (Å²) in [5.74, 6) is -0.299. The van der Waals surface area contributed by atoms with E-state index < -0.39 is 5.60 Å². The number of rotatable bonds is 4. The Labute approximate surface area is 143 Å². The van der Waals surface area contributed by atoms with Crippen LogP contribution in [0.1, 0.15) is 58.3 Å². The molecular formula is C18H30N2O4. The molecule has 6 nitrogen and oxygen atoms in total. The minimum absolute atomic E-state index is 0.110. The lowest BCUT2D eigenvalue weighted by Gasteiger charge is -2.28. The number of amides is 2. The quantitative estimate of drug-likeness (QED) is 0.755. The molecule has 0 radical (unpaired) electrons. The van der Waals surface area contributed by atoms with Crippen LogP contribution in [0.15, 0.2) is 0 Å². The van der Waals surface area contributed by atoms with Gasteiger partial charge in [0.05, 0.1) is 12.0 Å². The summed E-state index contributed by atoms with van der Waals surface area (Å²) in [7, 11) is 0. The predicted octanol–water partition coefficient (Wildman–Crippen LogP) is 1.21. The van der Waals surface area contributed by atoms with E-state index in [1.165, 1.54) is 25.7 Å². The third-order valence-electron chi connectivity index (χ3n) is 6.02. The molecule has 1 aliphatic carbocycles. The lowest BCUT2D eigenvalue weighted by atomic mass is 9.96. The Morgan fingerprint density at radius 3 is 2.67 bits per heavy atom. The van der Waals surface area contributed by atoms with Gasteiger partial charge in [0.15, 0.2) is 0 Å². The standard InChI is InChI=1S/C18H30N2O4/c1-13-18(23,8-9-24-13)12-19-17(22)14-10-16(21)20(11-14)15-6-4-2-3-5-7-15/h13-15,23H,2-12H2,1H3,(H,19,22)/t13-,14-,18+/m0/s1. The number of likely N-dealkylation sites (tertiary alicyclic amines) is 1. The first-order chi connectivity index (χ1) is 11.5. The van der Waals surface area contributed by atoms with Crippen LogP contribution in [0.4, 0.5) is 0 Å². The molecule has 2 amide bonds. The minimum atomic E-state index is -0.987. The zero-order chi connectivity index (χ0) is 17.2. The smallest absolute Gasteiger partial charge is 0.225 e. The number of aliphatic hydroxyl groups is 1. The highest BCUT2D eigenvalue weighted by atomic mass is 16.5. The summed E-state index contributed by atoms with van der Waals surface area (Å²) in [4.78, 5) is 26.7. The van der Waals surface area contributed by atoms with Gasteiger partial charge in [-0.3, -0.25) is 9.59 Å². The Morgan fingerprint density at radius 1 is 1.33 bits per heavy atom. The summed E-state index contributed by atoms with van der Waals surface area (Å²) in [6, 6.07) is 0.310. The maximum atomic E-state index is 12.5. The molecular weight excluding hydrogens is 308 g/mol. The first-order valence-electron chi connectivity index (χ1n) is 9.41. The molecule has 0 bridgehead atoms. The normalized spacial score (nSPS) is 35.2. The number of hydrogen-bond donors (Lipinski definition) is 2. The van der Waals surface area contributed by atoms with Gasteiger partial charge >= 0.3 is 0 Å². The van der Waals surface area contributed by atoms with Gasteiger partial charge in [-0.05, 0) is 19.8 Å². The Morgan fingerprint density at radius 2 is 2.04 bits per heavy atom. The summed E-state index contributed by atoms with van der Waals surface area (Å²) in [6.45, 7) is 3.07. The monoisotopic (exact) mass is 338 g/mol. The van der Waals surface area contributed by atoms with Crippen LogP contribution in [0.5, 0.6) is 0 Å². The number of nitrogens with one attached hydrogen (secondary N) is 1. The summed E-state index contributed by atoms with van der Waals surface area (Å²) in [5, 5.41) is 13.3. The first kappa shape index (κ1) is 17.7. The van der Waals surface area contributed by atoms with E-state index in [1.807, 2.05) is 11.8 Å². The summed E-state index contributed by atoms with van der Waals surface area (Å²) in [6.07, 6.45) is 7.54. The molecule has 0 unspecified atom stereocenters. The van der Waals surface area contributed by atoms with Gasteiger partial charge in [0.2, 0.25) is 11.8 Å². The van der Waals surface area contributed by atoms with E-state index in [4.69, 9.17) is 4.74 Å². The first-order valence-corrected chi connectivity index (χ1v) is 9.41. The van der Waals surface area contributed by atoms with Crippen LogP contribution in [-0.2, 0) is 14.3 Å². The maximum Gasteiger partial charge on any atom is 0.225 e. The molecule has 6 heteroatoms. The summed E-state index contributed by atoms with van der Waals surface area (Å²) < 4.78 is 5.39. The highest BCUT2D eigenvalue weighted by molar-refractivity contribution is 5.89. The van der Waals surface area contributed by atoms with Crippen LogP contribution in [0.2, 0.25) is 0 Å². The maximum absolute atomic E-state index is 12.5. The Bertz CT molecular complexity index is 476. The fourth-order valence-corrected chi connectivity index (χ4v) is 4.22. The van der Waals surface area contributed by atoms with E-state index in [0.29, 0.717) is 32.0 Å². The lowest BCUT2D eigenvalue weighted by molar-refractivity contribution is -0.130. The third-order valence-corrected chi connectivity index (χ3v) is 6.02. The van der Waals surface area contributed by atoms with E-state index in [-0.39, 0.29) is 30.4 Å². The van der Waals surface area contributed by atoms with Crippen molar-refractivity contribution in [3.63, 3.8) is 0 Å². The van der Waals surface area contributed by atoms with Gasteiger partial charge in [0.1, 0.15) is 5.60 Å². The van der Waals surface area contributed by atoms with Crippen molar-refractivity contribution < 1.29 is 19.4 Å². The van der Waals surface area contributed by atoms with Crippen molar-refractivity contribution in [1.82, 2.24) is 10.2 Å². The van der Waals surface area contributed by atoms with Crippen molar-refractivity contribution in [1.29, 1.82) is 0 Å². The van der Waals surface area contributed by atoms with Gasteiger partial charge in [-0.1, -0.05) is 25.7 Å². The molecule has 2 heterocycles. The van der Waals surface area contributed by atoms with Gasteiger partial charge in [0, 0.05) is 38.6 Å². The van der Waals surface area contributed by atoms with Gasteiger partial charge in [-0.15, -0.1) is 0 Å². The average Bonchev–Trinajstić information content (AvgIpc) is 2.97. The van der Waals surface area contributed by atoms with Gasteiger partial charge in [-0.2, -0.15) is 0 Å². The Balaban J connectivity index is 1.52. The lowest BCUT2D eigenvalue weighted by Crippen LogP contribution is -2.49. The summed E-state index contributed by atoms with van der Waals surface area (Å²) in [5.41, 5.74) is -0.987. The molecule has 3 rings (SSSR count).